The molecule has 108 valence electrons. The van der Waals surface area contributed by atoms with Crippen LogP contribution in [-0.4, -0.2) is 37.5 Å². The van der Waals surface area contributed by atoms with E-state index in [0.717, 1.165) is 37.4 Å². The van der Waals surface area contributed by atoms with Gasteiger partial charge in [-0.05, 0) is 37.5 Å². The Kier molecular flexibility index (Phi) is 9.87. The lowest BCUT2D eigenvalue weighted by Crippen LogP contribution is -2.46. The van der Waals surface area contributed by atoms with Gasteiger partial charge in [-0.1, -0.05) is 20.8 Å². The SMILES string of the molecule is CN=C(NCCCC(C)C)N1CCCC(C)C1.I. The maximum absolute atomic E-state index is 4.39. The minimum Gasteiger partial charge on any atom is -0.356 e. The van der Waals surface area contributed by atoms with Crippen LogP contribution in [0.3, 0.4) is 0 Å². The van der Waals surface area contributed by atoms with Gasteiger partial charge in [0.05, 0.1) is 0 Å². The van der Waals surface area contributed by atoms with Crippen molar-refractivity contribution in [3.63, 3.8) is 0 Å². The van der Waals surface area contributed by atoms with Gasteiger partial charge in [0.25, 0.3) is 0 Å². The number of rotatable bonds is 4. The number of nitrogens with zero attached hydrogens (tertiary/aromatic N) is 2. The molecule has 0 saturated carbocycles. The molecular weight excluding hydrogens is 337 g/mol. The molecule has 1 saturated heterocycles. The van der Waals surface area contributed by atoms with Gasteiger partial charge >= 0.3 is 0 Å². The lowest BCUT2D eigenvalue weighted by Gasteiger charge is -2.33. The number of likely N-dealkylation sites (tertiary alicyclic amines) is 1. The Morgan fingerprint density at radius 3 is 2.72 bits per heavy atom. The van der Waals surface area contributed by atoms with Gasteiger partial charge in [-0.2, -0.15) is 0 Å². The number of hydrogen-bond acceptors (Lipinski definition) is 1. The minimum atomic E-state index is 0. The fourth-order valence-electron chi connectivity index (χ4n) is 2.42. The fraction of sp³-hybridized carbons (Fsp3) is 0.929. The van der Waals surface area contributed by atoms with Crippen LogP contribution in [0.25, 0.3) is 0 Å². The Morgan fingerprint density at radius 2 is 2.17 bits per heavy atom. The monoisotopic (exact) mass is 367 g/mol. The molecule has 1 atom stereocenters. The van der Waals surface area contributed by atoms with Crippen LogP contribution in [0.1, 0.15) is 46.5 Å². The zero-order valence-corrected chi connectivity index (χ0v) is 14.7. The van der Waals surface area contributed by atoms with Crippen LogP contribution in [0.15, 0.2) is 4.99 Å². The van der Waals surface area contributed by atoms with Gasteiger partial charge in [-0.15, -0.1) is 24.0 Å². The van der Waals surface area contributed by atoms with E-state index in [9.17, 15) is 0 Å². The van der Waals surface area contributed by atoms with E-state index in [2.05, 4.69) is 36.0 Å². The summed E-state index contributed by atoms with van der Waals surface area (Å²) in [5.41, 5.74) is 0. The van der Waals surface area contributed by atoms with Crippen molar-refractivity contribution in [2.24, 2.45) is 16.8 Å². The number of aliphatic imine (C=N–C) groups is 1. The van der Waals surface area contributed by atoms with E-state index in [0.29, 0.717) is 0 Å². The van der Waals surface area contributed by atoms with Crippen molar-refractivity contribution in [1.82, 2.24) is 10.2 Å². The summed E-state index contributed by atoms with van der Waals surface area (Å²) >= 11 is 0. The molecule has 18 heavy (non-hydrogen) atoms. The number of guanidine groups is 1. The predicted molar refractivity (Wildman–Crippen MR) is 90.8 cm³/mol. The fourth-order valence-corrected chi connectivity index (χ4v) is 2.42. The molecule has 1 rings (SSSR count). The van der Waals surface area contributed by atoms with Crippen molar-refractivity contribution in [3.8, 4) is 0 Å². The van der Waals surface area contributed by atoms with Crippen LogP contribution < -0.4 is 5.32 Å². The zero-order valence-electron chi connectivity index (χ0n) is 12.4. The number of piperidine rings is 1. The molecule has 0 aromatic carbocycles. The van der Waals surface area contributed by atoms with Crippen molar-refractivity contribution in [3.05, 3.63) is 0 Å². The Bertz CT molecular complexity index is 241. The third-order valence-corrected chi connectivity index (χ3v) is 3.41. The number of nitrogens with one attached hydrogen (secondary N) is 1. The third-order valence-electron chi connectivity index (χ3n) is 3.41. The van der Waals surface area contributed by atoms with Gasteiger partial charge < -0.3 is 10.2 Å². The zero-order chi connectivity index (χ0) is 12.7. The summed E-state index contributed by atoms with van der Waals surface area (Å²) in [5.74, 6) is 2.70. The van der Waals surface area contributed by atoms with Crippen LogP contribution >= 0.6 is 24.0 Å². The van der Waals surface area contributed by atoms with Gasteiger partial charge in [0.1, 0.15) is 0 Å². The maximum Gasteiger partial charge on any atom is 0.193 e. The second-order valence-electron chi connectivity index (χ2n) is 5.70. The van der Waals surface area contributed by atoms with Gasteiger partial charge in [-0.3, -0.25) is 4.99 Å². The molecule has 0 aromatic heterocycles. The van der Waals surface area contributed by atoms with Gasteiger partial charge in [0.15, 0.2) is 5.96 Å². The van der Waals surface area contributed by atoms with Crippen LogP contribution in [0.2, 0.25) is 0 Å². The van der Waals surface area contributed by atoms with Crippen molar-refractivity contribution in [2.45, 2.75) is 46.5 Å². The first-order valence-electron chi connectivity index (χ1n) is 7.09. The van der Waals surface area contributed by atoms with Gasteiger partial charge in [-0.25, -0.2) is 0 Å². The molecule has 0 radical (unpaired) electrons. The molecule has 0 aliphatic carbocycles. The molecule has 1 N–H and O–H groups in total. The minimum absolute atomic E-state index is 0. The summed E-state index contributed by atoms with van der Waals surface area (Å²) in [6.45, 7) is 10.3. The van der Waals surface area contributed by atoms with Crippen molar-refractivity contribution in [1.29, 1.82) is 0 Å². The molecule has 1 aliphatic rings. The topological polar surface area (TPSA) is 27.6 Å². The third kappa shape index (κ3) is 6.81. The van der Waals surface area contributed by atoms with Crippen LogP contribution in [-0.2, 0) is 0 Å². The molecular formula is C14H30IN3. The molecule has 0 amide bonds. The molecule has 3 nitrogen and oxygen atoms in total. The first-order chi connectivity index (χ1) is 8.13. The molecule has 0 bridgehead atoms. The van der Waals surface area contributed by atoms with Gasteiger partial charge in [0.2, 0.25) is 0 Å². The number of halogens is 1. The van der Waals surface area contributed by atoms with Crippen molar-refractivity contribution >= 4 is 29.9 Å². The molecule has 1 unspecified atom stereocenters. The van der Waals surface area contributed by atoms with E-state index in [4.69, 9.17) is 0 Å². The maximum atomic E-state index is 4.39. The second kappa shape index (κ2) is 9.87. The van der Waals surface area contributed by atoms with Crippen molar-refractivity contribution in [2.75, 3.05) is 26.7 Å². The summed E-state index contributed by atoms with van der Waals surface area (Å²) in [6.07, 6.45) is 5.19. The highest BCUT2D eigenvalue weighted by Gasteiger charge is 2.18. The summed E-state index contributed by atoms with van der Waals surface area (Å²) in [4.78, 5) is 6.80. The van der Waals surface area contributed by atoms with Crippen LogP contribution in [0.4, 0.5) is 0 Å². The van der Waals surface area contributed by atoms with Gasteiger partial charge in [0, 0.05) is 26.7 Å². The summed E-state index contributed by atoms with van der Waals surface area (Å²) in [5, 5.41) is 3.49. The standard InChI is InChI=1S/C14H29N3.HI/c1-12(2)7-5-9-16-14(15-4)17-10-6-8-13(3)11-17;/h12-13H,5-11H2,1-4H3,(H,15,16);1H. The number of hydrogen-bond donors (Lipinski definition) is 1. The molecule has 1 aliphatic heterocycles. The molecule has 1 heterocycles. The Hall–Kier alpha value is 0. The summed E-state index contributed by atoms with van der Waals surface area (Å²) in [7, 11) is 1.89. The molecule has 0 aromatic rings. The predicted octanol–water partition coefficient (Wildman–Crippen LogP) is 3.35. The highest BCUT2D eigenvalue weighted by molar-refractivity contribution is 14.0. The lowest BCUT2D eigenvalue weighted by atomic mass is 10.0. The smallest absolute Gasteiger partial charge is 0.193 e. The highest BCUT2D eigenvalue weighted by atomic mass is 127. The Balaban J connectivity index is 0.00000289. The van der Waals surface area contributed by atoms with Crippen molar-refractivity contribution < 1.29 is 0 Å². The average molecular weight is 367 g/mol. The van der Waals surface area contributed by atoms with Crippen LogP contribution in [0.5, 0.6) is 0 Å². The Morgan fingerprint density at radius 1 is 1.44 bits per heavy atom. The first kappa shape index (κ1) is 18.0. The first-order valence-corrected chi connectivity index (χ1v) is 7.09. The average Bonchev–Trinajstić information content (AvgIpc) is 2.29. The van der Waals surface area contributed by atoms with E-state index >= 15 is 0 Å². The van der Waals surface area contributed by atoms with E-state index in [1.165, 1.54) is 25.7 Å². The quantitative estimate of drug-likeness (QED) is 0.357. The molecule has 4 heteroatoms. The summed E-state index contributed by atoms with van der Waals surface area (Å²) in [6, 6.07) is 0. The molecule has 1 fully saturated rings. The van der Waals surface area contributed by atoms with E-state index < -0.39 is 0 Å². The van der Waals surface area contributed by atoms with Crippen LogP contribution in [0, 0.1) is 11.8 Å². The lowest BCUT2D eigenvalue weighted by molar-refractivity contribution is 0.266. The van der Waals surface area contributed by atoms with E-state index in [-0.39, 0.29) is 24.0 Å². The Labute approximate surface area is 130 Å². The second-order valence-corrected chi connectivity index (χ2v) is 5.70. The van der Waals surface area contributed by atoms with E-state index in [1.54, 1.807) is 0 Å². The normalized spacial score (nSPS) is 20.8. The van der Waals surface area contributed by atoms with E-state index in [1.807, 2.05) is 7.05 Å². The summed E-state index contributed by atoms with van der Waals surface area (Å²) < 4.78 is 0. The molecule has 0 spiro atoms. The largest absolute Gasteiger partial charge is 0.356 e. The highest BCUT2D eigenvalue weighted by Crippen LogP contribution is 2.15.